The minimum atomic E-state index is -0.557. The zero-order valence-electron chi connectivity index (χ0n) is 21.2. The lowest BCUT2D eigenvalue weighted by Crippen LogP contribution is -2.63. The van der Waals surface area contributed by atoms with Gasteiger partial charge < -0.3 is 9.41 Å². The van der Waals surface area contributed by atoms with Crippen molar-refractivity contribution < 1.29 is 9.41 Å². The molecule has 2 atom stereocenters. The van der Waals surface area contributed by atoms with E-state index >= 15 is 0 Å². The van der Waals surface area contributed by atoms with Gasteiger partial charge in [-0.05, 0) is 46.8 Å². The van der Waals surface area contributed by atoms with E-state index in [2.05, 4.69) is 152 Å². The van der Waals surface area contributed by atoms with Gasteiger partial charge in [0, 0.05) is 0 Å². The first-order valence-electron chi connectivity index (χ1n) is 12.9. The van der Waals surface area contributed by atoms with Crippen LogP contribution in [0.15, 0.2) is 133 Å². The van der Waals surface area contributed by atoms with Crippen molar-refractivity contribution in [2.45, 2.75) is 31.5 Å². The number of benzene rings is 5. The average molecular weight is 483 g/mol. The van der Waals surface area contributed by atoms with Gasteiger partial charge in [-0.2, -0.15) is 5.06 Å². The molecular weight excluding hydrogens is 453 g/mol. The largest absolute Gasteiger partial charge is 0.512 e. The van der Waals surface area contributed by atoms with Crippen LogP contribution in [0.25, 0.3) is 10.8 Å². The van der Waals surface area contributed by atoms with Crippen molar-refractivity contribution in [1.82, 2.24) is 5.06 Å². The van der Waals surface area contributed by atoms with Gasteiger partial charge in [0.05, 0.1) is 17.7 Å². The van der Waals surface area contributed by atoms with Crippen LogP contribution < -0.4 is 5.46 Å². The second-order valence-corrected chi connectivity index (χ2v) is 9.85. The van der Waals surface area contributed by atoms with E-state index < -0.39 is 12.7 Å². The molecule has 1 fully saturated rings. The molecule has 3 nitrogen and oxygen atoms in total. The third kappa shape index (κ3) is 4.28. The maximum absolute atomic E-state index is 7.00. The second-order valence-electron chi connectivity index (χ2n) is 9.85. The van der Waals surface area contributed by atoms with Crippen LogP contribution in [0.3, 0.4) is 0 Å². The zero-order chi connectivity index (χ0) is 25.2. The first kappa shape index (κ1) is 23.7. The summed E-state index contributed by atoms with van der Waals surface area (Å²) in [5.41, 5.74) is 3.96. The molecule has 4 heteroatoms. The first-order chi connectivity index (χ1) is 18.2. The number of hydroxylamine groups is 2. The summed E-state index contributed by atoms with van der Waals surface area (Å²) < 4.78 is 13.7. The molecule has 0 radical (unpaired) electrons. The summed E-state index contributed by atoms with van der Waals surface area (Å²) in [6.45, 7) is 4.39. The summed E-state index contributed by atoms with van der Waals surface area (Å²) >= 11 is 0. The number of hydrogen-bond acceptors (Lipinski definition) is 3. The fourth-order valence-electron chi connectivity index (χ4n) is 5.52. The topological polar surface area (TPSA) is 21.7 Å². The number of nitrogens with zero attached hydrogens (tertiary/aromatic N) is 1. The van der Waals surface area contributed by atoms with E-state index in [1.54, 1.807) is 0 Å². The van der Waals surface area contributed by atoms with Crippen LogP contribution in [-0.2, 0) is 14.9 Å². The van der Waals surface area contributed by atoms with Crippen molar-refractivity contribution in [3.8, 4) is 0 Å². The summed E-state index contributed by atoms with van der Waals surface area (Å²) in [6, 6.07) is 46.4. The van der Waals surface area contributed by atoms with Crippen molar-refractivity contribution in [3.05, 3.63) is 150 Å². The number of hydrogen-bond donors (Lipinski definition) is 0. The Labute approximate surface area is 219 Å². The average Bonchev–Trinajstić information content (AvgIpc) is 2.96. The van der Waals surface area contributed by atoms with Crippen molar-refractivity contribution in [3.63, 3.8) is 0 Å². The molecule has 0 bridgehead atoms. The third-order valence-electron chi connectivity index (χ3n) is 7.69. The number of rotatable bonds is 5. The van der Waals surface area contributed by atoms with Gasteiger partial charge in [0.25, 0.3) is 0 Å². The number of fused-ring (bicyclic) bond motifs is 1. The van der Waals surface area contributed by atoms with Gasteiger partial charge in [-0.25, -0.2) is 0 Å². The maximum Gasteiger partial charge on any atom is 0.512 e. The molecule has 0 spiro atoms. The van der Waals surface area contributed by atoms with Gasteiger partial charge in [0.1, 0.15) is 0 Å². The summed E-state index contributed by atoms with van der Waals surface area (Å²) in [4.78, 5) is 0. The van der Waals surface area contributed by atoms with Crippen molar-refractivity contribution in [2.24, 2.45) is 0 Å². The van der Waals surface area contributed by atoms with E-state index in [0.717, 1.165) is 16.4 Å². The predicted molar refractivity (Wildman–Crippen MR) is 151 cm³/mol. The quantitative estimate of drug-likeness (QED) is 0.254. The van der Waals surface area contributed by atoms with E-state index in [-0.39, 0.29) is 12.1 Å². The fraction of sp³-hybridized carbons (Fsp3) is 0.152. The summed E-state index contributed by atoms with van der Waals surface area (Å²) in [7, 11) is -0.548. The predicted octanol–water partition coefficient (Wildman–Crippen LogP) is 6.89. The lowest BCUT2D eigenvalue weighted by atomic mass is 9.72. The first-order valence-corrected chi connectivity index (χ1v) is 12.9. The monoisotopic (exact) mass is 483 g/mol. The Morgan fingerprint density at radius 3 is 1.86 bits per heavy atom. The van der Waals surface area contributed by atoms with Gasteiger partial charge in [-0.15, -0.1) is 0 Å². The zero-order valence-corrected chi connectivity index (χ0v) is 21.2. The van der Waals surface area contributed by atoms with Gasteiger partial charge >= 0.3 is 7.12 Å². The highest BCUT2D eigenvalue weighted by atomic mass is 16.7. The molecule has 0 amide bonds. The van der Waals surface area contributed by atoms with Crippen molar-refractivity contribution in [1.29, 1.82) is 0 Å². The minimum Gasteiger partial charge on any atom is -0.401 e. The van der Waals surface area contributed by atoms with Gasteiger partial charge in [-0.1, -0.05) is 133 Å². The molecule has 0 aromatic heterocycles. The molecule has 5 aromatic carbocycles. The van der Waals surface area contributed by atoms with Gasteiger partial charge in [-0.3, -0.25) is 0 Å². The Balaban J connectivity index is 1.54. The van der Waals surface area contributed by atoms with E-state index in [9.17, 15) is 0 Å². The SMILES string of the molecule is CC1OB(c2cccc3ccccc23)ON(C(c2ccccc2)c2ccccc2)C1(C)c1ccccc1. The molecule has 2 unspecified atom stereocenters. The normalized spacial score (nSPS) is 20.4. The highest BCUT2D eigenvalue weighted by Crippen LogP contribution is 2.45. The maximum atomic E-state index is 7.00. The molecule has 5 aromatic rings. The van der Waals surface area contributed by atoms with Crippen LogP contribution in [0.4, 0.5) is 0 Å². The van der Waals surface area contributed by atoms with Crippen LogP contribution >= 0.6 is 0 Å². The Kier molecular flexibility index (Phi) is 6.39. The standard InChI is InChI=1S/C33H30BNO2/c1-25-33(2,29-21-10-5-11-22-29)35(32(27-16-6-3-7-17-27)28-18-8-4-9-19-28)37-34(36-25)31-24-14-20-26-15-12-13-23-30(26)31/h3-25,32H,1-2H3. The van der Waals surface area contributed by atoms with Crippen LogP contribution in [0, 0.1) is 0 Å². The van der Waals surface area contributed by atoms with E-state index in [0.29, 0.717) is 0 Å². The molecule has 1 saturated heterocycles. The molecule has 0 saturated carbocycles. The van der Waals surface area contributed by atoms with E-state index in [1.165, 1.54) is 16.5 Å². The van der Waals surface area contributed by atoms with E-state index in [4.69, 9.17) is 9.41 Å². The van der Waals surface area contributed by atoms with Crippen LogP contribution in [0.1, 0.15) is 36.6 Å². The molecule has 1 aliphatic heterocycles. The van der Waals surface area contributed by atoms with Crippen LogP contribution in [0.2, 0.25) is 0 Å². The van der Waals surface area contributed by atoms with Gasteiger partial charge in [0.15, 0.2) is 0 Å². The van der Waals surface area contributed by atoms with Crippen molar-refractivity contribution >= 4 is 23.4 Å². The highest BCUT2D eigenvalue weighted by Gasteiger charge is 2.52. The smallest absolute Gasteiger partial charge is 0.401 e. The van der Waals surface area contributed by atoms with Crippen LogP contribution in [0.5, 0.6) is 0 Å². The summed E-state index contributed by atoms with van der Waals surface area (Å²) in [6.07, 6.45) is -0.164. The Morgan fingerprint density at radius 2 is 1.22 bits per heavy atom. The molecule has 37 heavy (non-hydrogen) atoms. The van der Waals surface area contributed by atoms with Crippen LogP contribution in [-0.4, -0.2) is 18.3 Å². The summed E-state index contributed by atoms with van der Waals surface area (Å²) in [5, 5.41) is 4.50. The Bertz CT molecular complexity index is 1430. The lowest BCUT2D eigenvalue weighted by molar-refractivity contribution is -0.242. The summed E-state index contributed by atoms with van der Waals surface area (Å²) in [5.74, 6) is 0. The van der Waals surface area contributed by atoms with Gasteiger partial charge in [0.2, 0.25) is 0 Å². The molecule has 6 rings (SSSR count). The van der Waals surface area contributed by atoms with E-state index in [1.807, 2.05) is 0 Å². The highest BCUT2D eigenvalue weighted by molar-refractivity contribution is 6.64. The Morgan fingerprint density at radius 1 is 0.676 bits per heavy atom. The molecule has 1 heterocycles. The minimum absolute atomic E-state index is 0.142. The lowest BCUT2D eigenvalue weighted by Gasteiger charge is -2.53. The second kappa shape index (κ2) is 9.99. The molecule has 0 aliphatic carbocycles. The molecule has 0 N–H and O–H groups in total. The fourth-order valence-corrected chi connectivity index (χ4v) is 5.52. The Hall–Kier alpha value is -3.70. The molecular formula is C33H30BNO2. The van der Waals surface area contributed by atoms with Crippen molar-refractivity contribution in [2.75, 3.05) is 0 Å². The molecule has 182 valence electrons. The molecule has 1 aliphatic rings. The third-order valence-corrected chi connectivity index (χ3v) is 7.69.